The predicted octanol–water partition coefficient (Wildman–Crippen LogP) is 2.78. The van der Waals surface area contributed by atoms with Crippen LogP contribution in [0.3, 0.4) is 0 Å². The summed E-state index contributed by atoms with van der Waals surface area (Å²) in [6, 6.07) is 6.37. The molecule has 0 radical (unpaired) electrons. The highest BCUT2D eigenvalue weighted by Gasteiger charge is 2.17. The SMILES string of the molecule is Cc1cc(C(=O)Cn2ncc3ccc([N+](=O)[O-])cc32)c(C)n1C. The molecule has 2 heterocycles. The molecule has 7 nitrogen and oxygen atoms in total. The second-order valence-electron chi connectivity index (χ2n) is 5.57. The molecular formula is C16H16N4O3. The number of aryl methyl sites for hydroxylation is 1. The molecule has 3 aromatic rings. The molecule has 0 atom stereocenters. The summed E-state index contributed by atoms with van der Waals surface area (Å²) in [6.45, 7) is 3.89. The van der Waals surface area contributed by atoms with Crippen molar-refractivity contribution in [2.75, 3.05) is 0 Å². The zero-order valence-electron chi connectivity index (χ0n) is 13.1. The molecule has 0 saturated heterocycles. The number of aromatic nitrogens is 3. The lowest BCUT2D eigenvalue weighted by Gasteiger charge is -2.04. The first-order valence-electron chi connectivity index (χ1n) is 7.14. The maximum absolute atomic E-state index is 12.6. The fraction of sp³-hybridized carbons (Fsp3) is 0.250. The van der Waals surface area contributed by atoms with Crippen molar-refractivity contribution in [1.82, 2.24) is 14.3 Å². The molecule has 2 aromatic heterocycles. The maximum atomic E-state index is 12.6. The topological polar surface area (TPSA) is 83.0 Å². The number of carbonyl (C=O) groups is 1. The minimum atomic E-state index is -0.455. The first-order chi connectivity index (χ1) is 10.9. The highest BCUT2D eigenvalue weighted by atomic mass is 16.6. The van der Waals surface area contributed by atoms with Crippen LogP contribution in [0.25, 0.3) is 10.9 Å². The summed E-state index contributed by atoms with van der Waals surface area (Å²) in [5, 5.41) is 15.9. The number of nitro benzene ring substituents is 1. The van der Waals surface area contributed by atoms with Crippen LogP contribution < -0.4 is 0 Å². The lowest BCUT2D eigenvalue weighted by atomic mass is 10.1. The Bertz CT molecular complexity index is 936. The molecule has 0 fully saturated rings. The van der Waals surface area contributed by atoms with Crippen molar-refractivity contribution < 1.29 is 9.72 Å². The number of benzene rings is 1. The highest BCUT2D eigenvalue weighted by Crippen LogP contribution is 2.21. The van der Waals surface area contributed by atoms with Gasteiger partial charge in [-0.2, -0.15) is 5.10 Å². The van der Waals surface area contributed by atoms with E-state index in [2.05, 4.69) is 5.10 Å². The minimum Gasteiger partial charge on any atom is -0.351 e. The number of carbonyl (C=O) groups excluding carboxylic acids is 1. The fourth-order valence-electron chi connectivity index (χ4n) is 2.66. The molecule has 0 saturated carbocycles. The monoisotopic (exact) mass is 312 g/mol. The van der Waals surface area contributed by atoms with E-state index in [1.807, 2.05) is 31.5 Å². The van der Waals surface area contributed by atoms with Crippen LogP contribution >= 0.6 is 0 Å². The average Bonchev–Trinajstić information content (AvgIpc) is 3.03. The Morgan fingerprint density at radius 3 is 2.65 bits per heavy atom. The molecule has 23 heavy (non-hydrogen) atoms. The zero-order valence-corrected chi connectivity index (χ0v) is 13.1. The van der Waals surface area contributed by atoms with Crippen molar-refractivity contribution in [1.29, 1.82) is 0 Å². The Morgan fingerprint density at radius 2 is 2.04 bits per heavy atom. The molecule has 1 aromatic carbocycles. The van der Waals surface area contributed by atoms with Crippen molar-refractivity contribution in [3.8, 4) is 0 Å². The molecule has 7 heteroatoms. The van der Waals surface area contributed by atoms with Gasteiger partial charge in [0.2, 0.25) is 0 Å². The number of non-ortho nitro benzene ring substituents is 1. The van der Waals surface area contributed by atoms with E-state index in [9.17, 15) is 14.9 Å². The second-order valence-corrected chi connectivity index (χ2v) is 5.57. The van der Waals surface area contributed by atoms with Crippen molar-refractivity contribution in [2.45, 2.75) is 20.4 Å². The van der Waals surface area contributed by atoms with Gasteiger partial charge in [0.15, 0.2) is 5.78 Å². The van der Waals surface area contributed by atoms with E-state index >= 15 is 0 Å². The molecule has 0 N–H and O–H groups in total. The minimum absolute atomic E-state index is 0.0153. The molecule has 0 bridgehead atoms. The molecule has 0 unspecified atom stereocenters. The quantitative estimate of drug-likeness (QED) is 0.421. The van der Waals surface area contributed by atoms with E-state index in [0.717, 1.165) is 16.8 Å². The number of nitro groups is 1. The number of ketones is 1. The summed E-state index contributed by atoms with van der Waals surface area (Å²) < 4.78 is 3.46. The molecule has 3 rings (SSSR count). The fourth-order valence-corrected chi connectivity index (χ4v) is 2.66. The summed E-state index contributed by atoms with van der Waals surface area (Å²) in [5.74, 6) is -0.0669. The van der Waals surface area contributed by atoms with Gasteiger partial charge in [-0.15, -0.1) is 0 Å². The standard InChI is InChI=1S/C16H16N4O3/c1-10-6-14(11(2)18(10)3)16(21)9-19-15-7-13(20(22)23)5-4-12(15)8-17-19/h4-8H,9H2,1-3H3. The number of nitrogens with zero attached hydrogens (tertiary/aromatic N) is 4. The molecule has 118 valence electrons. The van der Waals surface area contributed by atoms with Gasteiger partial charge < -0.3 is 4.57 Å². The molecule has 0 aliphatic heterocycles. The third-order valence-corrected chi connectivity index (χ3v) is 4.21. The maximum Gasteiger partial charge on any atom is 0.271 e. The Labute approximate surface area is 132 Å². The third-order valence-electron chi connectivity index (χ3n) is 4.21. The second kappa shape index (κ2) is 5.35. The normalized spacial score (nSPS) is 11.1. The smallest absolute Gasteiger partial charge is 0.271 e. The van der Waals surface area contributed by atoms with Crippen molar-refractivity contribution in [3.05, 3.63) is 57.5 Å². The summed E-state index contributed by atoms with van der Waals surface area (Å²) in [6.07, 6.45) is 1.61. The van der Waals surface area contributed by atoms with Crippen LogP contribution in [-0.4, -0.2) is 25.1 Å². The Kier molecular flexibility index (Phi) is 3.48. The van der Waals surface area contributed by atoms with E-state index in [4.69, 9.17) is 0 Å². The Morgan fingerprint density at radius 1 is 1.30 bits per heavy atom. The van der Waals surface area contributed by atoms with Gasteiger partial charge in [-0.25, -0.2) is 0 Å². The molecule has 0 aliphatic carbocycles. The van der Waals surface area contributed by atoms with E-state index in [1.165, 1.54) is 16.8 Å². The Hall–Kier alpha value is -2.96. The van der Waals surface area contributed by atoms with E-state index in [1.54, 1.807) is 12.3 Å². The molecule has 0 amide bonds. The van der Waals surface area contributed by atoms with E-state index < -0.39 is 4.92 Å². The summed E-state index contributed by atoms with van der Waals surface area (Å²) >= 11 is 0. The van der Waals surface area contributed by atoms with E-state index in [0.29, 0.717) is 11.1 Å². The largest absolute Gasteiger partial charge is 0.351 e. The third kappa shape index (κ3) is 2.50. The van der Waals surface area contributed by atoms with Crippen molar-refractivity contribution in [3.63, 3.8) is 0 Å². The zero-order chi connectivity index (χ0) is 16.7. The lowest BCUT2D eigenvalue weighted by Crippen LogP contribution is -2.12. The number of fused-ring (bicyclic) bond motifs is 1. The van der Waals surface area contributed by atoms with Gasteiger partial charge in [0.1, 0.15) is 6.54 Å². The van der Waals surface area contributed by atoms with Gasteiger partial charge in [-0.3, -0.25) is 19.6 Å². The molecular weight excluding hydrogens is 296 g/mol. The van der Waals surface area contributed by atoms with Gasteiger partial charge in [-0.1, -0.05) is 0 Å². The van der Waals surface area contributed by atoms with Gasteiger partial charge in [-0.05, 0) is 26.0 Å². The number of rotatable bonds is 4. The van der Waals surface area contributed by atoms with Crippen LogP contribution in [0, 0.1) is 24.0 Å². The number of hydrogen-bond acceptors (Lipinski definition) is 4. The first kappa shape index (κ1) is 15.0. The van der Waals surface area contributed by atoms with Gasteiger partial charge >= 0.3 is 0 Å². The van der Waals surface area contributed by atoms with Gasteiger partial charge in [0.25, 0.3) is 5.69 Å². The lowest BCUT2D eigenvalue weighted by molar-refractivity contribution is -0.384. The summed E-state index contributed by atoms with van der Waals surface area (Å²) in [7, 11) is 1.91. The number of Topliss-reactive ketones (excluding diaryl/α,β-unsaturated/α-hetero) is 1. The van der Waals surface area contributed by atoms with Crippen LogP contribution in [0.15, 0.2) is 30.5 Å². The summed E-state index contributed by atoms with van der Waals surface area (Å²) in [4.78, 5) is 23.0. The van der Waals surface area contributed by atoms with Crippen molar-refractivity contribution in [2.24, 2.45) is 7.05 Å². The first-order valence-corrected chi connectivity index (χ1v) is 7.14. The molecule has 0 spiro atoms. The molecule has 0 aliphatic rings. The van der Waals surface area contributed by atoms with Crippen LogP contribution in [-0.2, 0) is 13.6 Å². The van der Waals surface area contributed by atoms with Crippen LogP contribution in [0.4, 0.5) is 5.69 Å². The summed E-state index contributed by atoms with van der Waals surface area (Å²) in [5.41, 5.74) is 3.12. The van der Waals surface area contributed by atoms with Crippen LogP contribution in [0.5, 0.6) is 0 Å². The van der Waals surface area contributed by atoms with E-state index in [-0.39, 0.29) is 18.0 Å². The van der Waals surface area contributed by atoms with Gasteiger partial charge in [0, 0.05) is 41.5 Å². The van der Waals surface area contributed by atoms with Crippen molar-refractivity contribution >= 4 is 22.4 Å². The van der Waals surface area contributed by atoms with Gasteiger partial charge in [0.05, 0.1) is 16.6 Å². The van der Waals surface area contributed by atoms with Crippen LogP contribution in [0.1, 0.15) is 21.7 Å². The number of hydrogen-bond donors (Lipinski definition) is 0. The Balaban J connectivity index is 1.97. The highest BCUT2D eigenvalue weighted by molar-refractivity contribution is 5.98. The predicted molar refractivity (Wildman–Crippen MR) is 85.6 cm³/mol. The average molecular weight is 312 g/mol. The van der Waals surface area contributed by atoms with Crippen LogP contribution in [0.2, 0.25) is 0 Å².